The molecule has 5 nitrogen and oxygen atoms in total. The van der Waals surface area contributed by atoms with E-state index in [1.54, 1.807) is 19.1 Å². The van der Waals surface area contributed by atoms with Gasteiger partial charge in [-0.2, -0.15) is 0 Å². The third kappa shape index (κ3) is 2.88. The molecule has 7 atom stereocenters. The van der Waals surface area contributed by atoms with Crippen molar-refractivity contribution >= 4 is 34.9 Å². The topological polar surface area (TPSA) is 77.5 Å². The standard InChI is InChI=1S/C25H31ClO5/c1-5-21(30)31-25(20(29)13-26)14(2)10-18-17-7-6-15-11-16(27)8-9-23(15,3)22(17)19(28)12-24(18,25)4/h8-9,11,14,17-18,22H,5-7,10,12-13H2,1-4H3. The maximum absolute atomic E-state index is 13.7. The zero-order valence-corrected chi connectivity index (χ0v) is 19.5. The maximum Gasteiger partial charge on any atom is 0.306 e. The van der Waals surface area contributed by atoms with Gasteiger partial charge in [0.05, 0.1) is 5.88 Å². The highest BCUT2D eigenvalue weighted by Gasteiger charge is 2.72. The van der Waals surface area contributed by atoms with Crippen LogP contribution in [0.15, 0.2) is 23.8 Å². The van der Waals surface area contributed by atoms with Crippen molar-refractivity contribution in [2.24, 2.45) is 34.5 Å². The van der Waals surface area contributed by atoms with Gasteiger partial charge in [0.2, 0.25) is 0 Å². The first-order valence-corrected chi connectivity index (χ1v) is 11.9. The molecular weight excluding hydrogens is 416 g/mol. The smallest absolute Gasteiger partial charge is 0.306 e. The number of ether oxygens (including phenoxy) is 1. The van der Waals surface area contributed by atoms with Crippen molar-refractivity contribution in [2.75, 3.05) is 5.88 Å². The van der Waals surface area contributed by atoms with Crippen LogP contribution in [0.4, 0.5) is 0 Å². The molecule has 4 aliphatic rings. The van der Waals surface area contributed by atoms with Gasteiger partial charge in [0.1, 0.15) is 5.78 Å². The SMILES string of the molecule is CCC(=O)OC1(C(=O)CCl)C(C)CC2C3CCC4=CC(=O)C=CC4(C)C3C(=O)CC21C. The van der Waals surface area contributed by atoms with Crippen molar-refractivity contribution in [3.05, 3.63) is 23.8 Å². The molecule has 0 aliphatic heterocycles. The van der Waals surface area contributed by atoms with Crippen LogP contribution in [0.25, 0.3) is 0 Å². The van der Waals surface area contributed by atoms with Crippen LogP contribution in [0.5, 0.6) is 0 Å². The van der Waals surface area contributed by atoms with Crippen molar-refractivity contribution < 1.29 is 23.9 Å². The fourth-order valence-corrected chi connectivity index (χ4v) is 7.77. The molecule has 0 bridgehead atoms. The molecule has 0 heterocycles. The molecule has 3 saturated carbocycles. The van der Waals surface area contributed by atoms with E-state index in [0.29, 0.717) is 6.42 Å². The Labute approximate surface area is 188 Å². The minimum Gasteiger partial charge on any atom is -0.450 e. The molecule has 0 aromatic carbocycles. The predicted molar refractivity (Wildman–Crippen MR) is 116 cm³/mol. The van der Waals surface area contributed by atoms with Crippen LogP contribution in [0.3, 0.4) is 0 Å². The van der Waals surface area contributed by atoms with Crippen LogP contribution in [0.1, 0.15) is 59.8 Å². The Balaban J connectivity index is 1.81. The average molecular weight is 447 g/mol. The van der Waals surface area contributed by atoms with Crippen LogP contribution >= 0.6 is 11.6 Å². The molecule has 4 rings (SSSR count). The van der Waals surface area contributed by atoms with Crippen molar-refractivity contribution in [1.82, 2.24) is 0 Å². The largest absolute Gasteiger partial charge is 0.450 e. The zero-order chi connectivity index (χ0) is 22.8. The van der Waals surface area contributed by atoms with Gasteiger partial charge >= 0.3 is 5.97 Å². The number of rotatable bonds is 4. The average Bonchev–Trinajstić information content (AvgIpc) is 2.94. The lowest BCUT2D eigenvalue weighted by atomic mass is 9.46. The van der Waals surface area contributed by atoms with E-state index in [-0.39, 0.29) is 59.7 Å². The highest BCUT2D eigenvalue weighted by Crippen LogP contribution is 2.68. The quantitative estimate of drug-likeness (QED) is 0.477. The third-order valence-corrected chi connectivity index (χ3v) is 9.14. The molecular formula is C25H31ClO5. The number of allylic oxidation sites excluding steroid dienone is 4. The van der Waals surface area contributed by atoms with Crippen molar-refractivity contribution in [3.63, 3.8) is 0 Å². The zero-order valence-electron chi connectivity index (χ0n) is 18.7. The van der Waals surface area contributed by atoms with Gasteiger partial charge in [0.25, 0.3) is 0 Å². The van der Waals surface area contributed by atoms with E-state index in [1.165, 1.54) is 0 Å². The third-order valence-electron chi connectivity index (χ3n) is 8.90. The van der Waals surface area contributed by atoms with Crippen LogP contribution < -0.4 is 0 Å². The highest BCUT2D eigenvalue weighted by molar-refractivity contribution is 6.29. The van der Waals surface area contributed by atoms with E-state index in [1.807, 2.05) is 19.9 Å². The number of alkyl halides is 1. The van der Waals surface area contributed by atoms with Crippen molar-refractivity contribution in [3.8, 4) is 0 Å². The molecule has 0 aromatic heterocycles. The van der Waals surface area contributed by atoms with Gasteiger partial charge in [-0.05, 0) is 43.3 Å². The summed E-state index contributed by atoms with van der Waals surface area (Å²) in [5.41, 5.74) is -1.60. The molecule has 0 aromatic rings. The van der Waals surface area contributed by atoms with E-state index < -0.39 is 22.4 Å². The molecule has 0 saturated heterocycles. The summed E-state index contributed by atoms with van der Waals surface area (Å²) >= 11 is 6.03. The summed E-state index contributed by atoms with van der Waals surface area (Å²) in [4.78, 5) is 51.4. The minimum atomic E-state index is -1.37. The van der Waals surface area contributed by atoms with Gasteiger partial charge in [-0.15, -0.1) is 11.6 Å². The Morgan fingerprint density at radius 3 is 2.61 bits per heavy atom. The number of carbonyl (C=O) groups is 4. The molecule has 0 amide bonds. The van der Waals surface area contributed by atoms with Crippen LogP contribution in [-0.4, -0.2) is 34.8 Å². The summed E-state index contributed by atoms with van der Waals surface area (Å²) in [7, 11) is 0. The Kier molecular flexibility index (Phi) is 5.36. The fraction of sp³-hybridized carbons (Fsp3) is 0.680. The van der Waals surface area contributed by atoms with E-state index in [9.17, 15) is 19.2 Å². The monoisotopic (exact) mass is 446 g/mol. The van der Waals surface area contributed by atoms with Crippen molar-refractivity contribution in [2.45, 2.75) is 65.4 Å². The molecule has 0 spiro atoms. The number of halogens is 1. The first-order chi connectivity index (χ1) is 14.5. The van der Waals surface area contributed by atoms with Crippen LogP contribution in [-0.2, 0) is 23.9 Å². The minimum absolute atomic E-state index is 0.0216. The molecule has 168 valence electrons. The Hall–Kier alpha value is -1.75. The predicted octanol–water partition coefficient (Wildman–Crippen LogP) is 4.22. The normalized spacial score (nSPS) is 43.6. The molecule has 3 fully saturated rings. The van der Waals surface area contributed by atoms with E-state index in [4.69, 9.17) is 16.3 Å². The number of ketones is 3. The lowest BCUT2D eigenvalue weighted by molar-refractivity contribution is -0.194. The fourth-order valence-electron chi connectivity index (χ4n) is 7.57. The number of hydrogen-bond donors (Lipinski definition) is 0. The van der Waals surface area contributed by atoms with Gasteiger partial charge in [-0.1, -0.05) is 39.3 Å². The van der Waals surface area contributed by atoms with E-state index in [0.717, 1.165) is 18.4 Å². The number of hydrogen-bond acceptors (Lipinski definition) is 5. The first kappa shape index (κ1) is 22.4. The Morgan fingerprint density at radius 1 is 1.26 bits per heavy atom. The molecule has 6 heteroatoms. The van der Waals surface area contributed by atoms with Gasteiger partial charge in [-0.25, -0.2) is 0 Å². The molecule has 4 aliphatic carbocycles. The summed E-state index contributed by atoms with van der Waals surface area (Å²) in [6.07, 6.45) is 7.78. The lowest BCUT2D eigenvalue weighted by Gasteiger charge is -2.57. The van der Waals surface area contributed by atoms with E-state index in [2.05, 4.69) is 6.92 Å². The summed E-state index contributed by atoms with van der Waals surface area (Å²) in [5, 5.41) is 0. The van der Waals surface area contributed by atoms with Crippen LogP contribution in [0, 0.1) is 34.5 Å². The number of Topliss-reactive ketones (excluding diaryl/α,β-unsaturated/α-hetero) is 2. The summed E-state index contributed by atoms with van der Waals surface area (Å²) in [5.74, 6) is -1.24. The Morgan fingerprint density at radius 2 is 1.97 bits per heavy atom. The maximum atomic E-state index is 13.7. The Bertz CT molecular complexity index is 919. The first-order valence-electron chi connectivity index (χ1n) is 11.3. The second-order valence-electron chi connectivity index (χ2n) is 10.3. The van der Waals surface area contributed by atoms with Gasteiger partial charge in [0, 0.05) is 35.5 Å². The van der Waals surface area contributed by atoms with Gasteiger partial charge in [0.15, 0.2) is 17.2 Å². The number of carbonyl (C=O) groups excluding carboxylic acids is 4. The van der Waals surface area contributed by atoms with Crippen molar-refractivity contribution in [1.29, 1.82) is 0 Å². The molecule has 7 unspecified atom stereocenters. The van der Waals surface area contributed by atoms with Crippen LogP contribution in [0.2, 0.25) is 0 Å². The number of fused-ring (bicyclic) bond motifs is 5. The van der Waals surface area contributed by atoms with E-state index >= 15 is 0 Å². The highest BCUT2D eigenvalue weighted by atomic mass is 35.5. The molecule has 31 heavy (non-hydrogen) atoms. The second-order valence-corrected chi connectivity index (χ2v) is 10.6. The summed E-state index contributed by atoms with van der Waals surface area (Å²) < 4.78 is 5.96. The summed E-state index contributed by atoms with van der Waals surface area (Å²) in [6.45, 7) is 7.67. The lowest BCUT2D eigenvalue weighted by Crippen LogP contribution is -2.63. The number of esters is 1. The summed E-state index contributed by atoms with van der Waals surface area (Å²) in [6, 6.07) is 0. The van der Waals surface area contributed by atoms with Gasteiger partial charge in [-0.3, -0.25) is 19.2 Å². The van der Waals surface area contributed by atoms with Gasteiger partial charge < -0.3 is 4.74 Å². The molecule has 0 N–H and O–H groups in total. The molecule has 0 radical (unpaired) electrons. The second kappa shape index (κ2) is 7.40.